The summed E-state index contributed by atoms with van der Waals surface area (Å²) in [7, 11) is -3.03. The molecule has 0 aromatic carbocycles. The molecule has 0 radical (unpaired) electrons. The van der Waals surface area contributed by atoms with Crippen LogP contribution in [-0.4, -0.2) is 33.9 Å². The van der Waals surface area contributed by atoms with Crippen LogP contribution in [0.25, 0.3) is 22.7 Å². The second kappa shape index (κ2) is 6.82. The molecule has 0 fully saturated rings. The van der Waals surface area contributed by atoms with Crippen LogP contribution in [-0.2, 0) is 29.2 Å². The standard InChI is InChI=1S/C16H13F6N4O3S/c1-3-30(28,29)11-5-9(16(20,21)22)7-26(27)12(11)14-24-10-4-8(15(17,18)19)6-23-13(10)25(14)2/h4-7,27H,3H2,1-2H3/q+1. The van der Waals surface area contributed by atoms with Gasteiger partial charge in [0.1, 0.15) is 16.0 Å². The Morgan fingerprint density at radius 3 is 2.23 bits per heavy atom. The molecule has 3 heterocycles. The number of alkyl halides is 6. The molecule has 0 amide bonds. The van der Waals surface area contributed by atoms with Crippen molar-refractivity contribution in [2.24, 2.45) is 7.05 Å². The highest BCUT2D eigenvalue weighted by molar-refractivity contribution is 7.91. The third kappa shape index (κ3) is 3.66. The van der Waals surface area contributed by atoms with Gasteiger partial charge in [-0.1, -0.05) is 6.92 Å². The van der Waals surface area contributed by atoms with Gasteiger partial charge in [0, 0.05) is 18.0 Å². The maximum Gasteiger partial charge on any atom is 0.422 e. The molecule has 0 saturated carbocycles. The van der Waals surface area contributed by atoms with E-state index in [-0.39, 0.29) is 27.9 Å². The lowest BCUT2D eigenvalue weighted by molar-refractivity contribution is -0.898. The van der Waals surface area contributed by atoms with E-state index in [1.807, 2.05) is 0 Å². The number of fused-ring (bicyclic) bond motifs is 1. The maximum atomic E-state index is 13.1. The number of aromatic nitrogens is 4. The Hall–Kier alpha value is -2.90. The van der Waals surface area contributed by atoms with E-state index in [0.717, 1.165) is 4.57 Å². The fourth-order valence-electron chi connectivity index (χ4n) is 2.76. The quantitative estimate of drug-likeness (QED) is 0.373. The van der Waals surface area contributed by atoms with Crippen LogP contribution in [0.15, 0.2) is 29.4 Å². The normalized spacial score (nSPS) is 13.2. The molecule has 0 aliphatic carbocycles. The van der Waals surface area contributed by atoms with E-state index in [2.05, 4.69) is 9.97 Å². The Balaban J connectivity index is 2.37. The molecular weight excluding hydrogens is 442 g/mol. The molecule has 30 heavy (non-hydrogen) atoms. The molecule has 0 aliphatic rings. The topological polar surface area (TPSA) is 89.0 Å². The first kappa shape index (κ1) is 21.8. The Morgan fingerprint density at radius 2 is 1.70 bits per heavy atom. The molecule has 3 aromatic rings. The summed E-state index contributed by atoms with van der Waals surface area (Å²) in [6.45, 7) is 1.19. The van der Waals surface area contributed by atoms with Crippen molar-refractivity contribution < 1.29 is 44.7 Å². The number of nitrogens with zero attached hydrogens (tertiary/aromatic N) is 4. The Morgan fingerprint density at radius 1 is 1.10 bits per heavy atom. The van der Waals surface area contributed by atoms with Crippen LogP contribution in [0.3, 0.4) is 0 Å². The van der Waals surface area contributed by atoms with Crippen LogP contribution in [0.4, 0.5) is 26.3 Å². The van der Waals surface area contributed by atoms with E-state index in [0.29, 0.717) is 18.3 Å². The van der Waals surface area contributed by atoms with E-state index in [1.165, 1.54) is 14.0 Å². The van der Waals surface area contributed by atoms with Gasteiger partial charge in [0.05, 0.1) is 11.3 Å². The predicted molar refractivity (Wildman–Crippen MR) is 89.1 cm³/mol. The number of rotatable bonds is 3. The van der Waals surface area contributed by atoms with E-state index in [1.54, 1.807) is 0 Å². The minimum atomic E-state index is -4.96. The van der Waals surface area contributed by atoms with Crippen molar-refractivity contribution in [3.05, 3.63) is 35.7 Å². The summed E-state index contributed by atoms with van der Waals surface area (Å²) in [6.07, 6.45) is -8.90. The van der Waals surface area contributed by atoms with Crippen molar-refractivity contribution in [2.45, 2.75) is 24.2 Å². The summed E-state index contributed by atoms with van der Waals surface area (Å²) in [5.41, 5.74) is -3.58. The molecule has 0 bridgehead atoms. The zero-order valence-electron chi connectivity index (χ0n) is 15.2. The van der Waals surface area contributed by atoms with Gasteiger partial charge in [0.15, 0.2) is 15.5 Å². The lowest BCUT2D eigenvalue weighted by Crippen LogP contribution is -2.37. The molecule has 7 nitrogen and oxygen atoms in total. The van der Waals surface area contributed by atoms with Gasteiger partial charge in [-0.15, -0.1) is 0 Å². The molecule has 0 unspecified atom stereocenters. The summed E-state index contributed by atoms with van der Waals surface area (Å²) in [5.74, 6) is -0.984. The first-order valence-corrected chi connectivity index (χ1v) is 9.81. The van der Waals surface area contributed by atoms with Crippen molar-refractivity contribution in [2.75, 3.05) is 5.75 Å². The predicted octanol–water partition coefficient (Wildman–Crippen LogP) is 2.99. The zero-order chi connectivity index (χ0) is 22.6. The minimum Gasteiger partial charge on any atom is -0.307 e. The van der Waals surface area contributed by atoms with Gasteiger partial charge in [-0.3, -0.25) is 5.21 Å². The summed E-state index contributed by atoms with van der Waals surface area (Å²) >= 11 is 0. The van der Waals surface area contributed by atoms with E-state index < -0.39 is 49.7 Å². The molecule has 0 saturated heterocycles. The van der Waals surface area contributed by atoms with Crippen molar-refractivity contribution >= 4 is 21.0 Å². The van der Waals surface area contributed by atoms with Crippen molar-refractivity contribution in [3.63, 3.8) is 0 Å². The number of imidazole rings is 1. The second-order valence-electron chi connectivity index (χ2n) is 6.25. The van der Waals surface area contributed by atoms with Gasteiger partial charge >= 0.3 is 18.0 Å². The fraction of sp³-hybridized carbons (Fsp3) is 0.312. The zero-order valence-corrected chi connectivity index (χ0v) is 16.1. The Bertz CT molecular complexity index is 1250. The average molecular weight is 455 g/mol. The van der Waals surface area contributed by atoms with Crippen molar-refractivity contribution in [1.82, 2.24) is 14.5 Å². The van der Waals surface area contributed by atoms with Gasteiger partial charge in [0.2, 0.25) is 12.0 Å². The number of aryl methyl sites for hydroxylation is 1. The molecule has 3 aromatic heterocycles. The van der Waals surface area contributed by atoms with Crippen LogP contribution in [0.5, 0.6) is 0 Å². The summed E-state index contributed by atoms with van der Waals surface area (Å²) in [4.78, 5) is 6.67. The summed E-state index contributed by atoms with van der Waals surface area (Å²) < 4.78 is 104. The van der Waals surface area contributed by atoms with Crippen LogP contribution in [0, 0.1) is 0 Å². The summed E-state index contributed by atoms with van der Waals surface area (Å²) in [5, 5.41) is 10.2. The monoisotopic (exact) mass is 455 g/mol. The van der Waals surface area contributed by atoms with Gasteiger partial charge in [-0.2, -0.15) is 26.3 Å². The van der Waals surface area contributed by atoms with Crippen LogP contribution >= 0.6 is 0 Å². The highest BCUT2D eigenvalue weighted by atomic mass is 32.2. The lowest BCUT2D eigenvalue weighted by atomic mass is 10.2. The SMILES string of the molecule is CCS(=O)(=O)c1cc(C(F)(F)F)c[n+](O)c1-c1nc2cc(C(F)(F)F)cnc2n1C. The van der Waals surface area contributed by atoms with Gasteiger partial charge in [-0.05, 0) is 12.1 Å². The van der Waals surface area contributed by atoms with Gasteiger partial charge in [0.25, 0.3) is 0 Å². The number of hydrogen-bond acceptors (Lipinski definition) is 5. The van der Waals surface area contributed by atoms with Crippen molar-refractivity contribution in [1.29, 1.82) is 0 Å². The van der Waals surface area contributed by atoms with E-state index in [9.17, 15) is 40.0 Å². The van der Waals surface area contributed by atoms with Crippen LogP contribution in [0.2, 0.25) is 0 Å². The highest BCUT2D eigenvalue weighted by Gasteiger charge is 2.40. The van der Waals surface area contributed by atoms with Crippen LogP contribution < -0.4 is 4.73 Å². The summed E-state index contributed by atoms with van der Waals surface area (Å²) in [6, 6.07) is 1.00. The third-order valence-corrected chi connectivity index (χ3v) is 6.04. The first-order chi connectivity index (χ1) is 13.7. The van der Waals surface area contributed by atoms with Gasteiger partial charge < -0.3 is 4.57 Å². The van der Waals surface area contributed by atoms with E-state index >= 15 is 0 Å². The molecule has 0 spiro atoms. The van der Waals surface area contributed by atoms with Crippen molar-refractivity contribution in [3.8, 4) is 11.5 Å². The first-order valence-electron chi connectivity index (χ1n) is 8.15. The lowest BCUT2D eigenvalue weighted by Gasteiger charge is -2.09. The number of halogens is 6. The van der Waals surface area contributed by atoms with E-state index in [4.69, 9.17) is 0 Å². The van der Waals surface area contributed by atoms with Crippen LogP contribution in [0.1, 0.15) is 18.1 Å². The van der Waals surface area contributed by atoms with Gasteiger partial charge in [-0.25, -0.2) is 18.4 Å². The smallest absolute Gasteiger partial charge is 0.307 e. The largest absolute Gasteiger partial charge is 0.422 e. The number of sulfone groups is 1. The molecule has 14 heteroatoms. The Kier molecular flexibility index (Phi) is 4.96. The fourth-order valence-corrected chi connectivity index (χ4v) is 3.86. The third-order valence-electron chi connectivity index (χ3n) is 4.30. The molecule has 0 aliphatic heterocycles. The number of pyridine rings is 2. The molecule has 3 rings (SSSR count). The number of hydrogen-bond donors (Lipinski definition) is 1. The molecule has 0 atom stereocenters. The highest BCUT2D eigenvalue weighted by Crippen LogP contribution is 2.35. The maximum absolute atomic E-state index is 13.1. The Labute approximate surface area is 165 Å². The molecule has 162 valence electrons. The average Bonchev–Trinajstić information content (AvgIpc) is 2.95. The minimum absolute atomic E-state index is 0.0583. The second-order valence-corrected chi connectivity index (χ2v) is 8.49. The molecule has 1 N–H and O–H groups in total. The molecular formula is C16H13F6N4O3S+.